The molecule has 1 aliphatic rings. The Morgan fingerprint density at radius 2 is 1.08 bits per heavy atom. The maximum atomic E-state index is 12.3. The molecule has 1 saturated heterocycles. The fourth-order valence-electron chi connectivity index (χ4n) is 2.39. The number of hydrogen-bond acceptors (Lipinski definition) is 6. The lowest BCUT2D eigenvalue weighted by atomic mass is 10.1. The number of ether oxygens (including phenoxy) is 4. The summed E-state index contributed by atoms with van der Waals surface area (Å²) in [6, 6.07) is 13.9. The summed E-state index contributed by atoms with van der Waals surface area (Å²) in [5.41, 5.74) is 2.83. The van der Waals surface area contributed by atoms with E-state index < -0.39 is 24.5 Å². The lowest BCUT2D eigenvalue weighted by Crippen LogP contribution is -2.44. The molecule has 0 radical (unpaired) electrons. The SMILES string of the molecule is Cc1ccc(C(=O)O[C@@H]2OCCO[C@H]2OC(=O)c2ccc(C)cc2)cc1. The summed E-state index contributed by atoms with van der Waals surface area (Å²) in [6.45, 7) is 4.33. The smallest absolute Gasteiger partial charge is 0.340 e. The molecule has 2 aromatic rings. The zero-order valence-electron chi connectivity index (χ0n) is 14.6. The maximum Gasteiger partial charge on any atom is 0.340 e. The molecular weight excluding hydrogens is 336 g/mol. The summed E-state index contributed by atoms with van der Waals surface area (Å²) < 4.78 is 21.5. The third-order valence-corrected chi connectivity index (χ3v) is 3.89. The molecule has 136 valence electrons. The second kappa shape index (κ2) is 8.12. The van der Waals surface area contributed by atoms with Crippen LogP contribution in [0.3, 0.4) is 0 Å². The van der Waals surface area contributed by atoms with Crippen molar-refractivity contribution in [2.45, 2.75) is 26.4 Å². The van der Waals surface area contributed by atoms with E-state index in [1.807, 2.05) is 38.1 Å². The van der Waals surface area contributed by atoms with Gasteiger partial charge in [0.05, 0.1) is 24.3 Å². The number of esters is 2. The quantitative estimate of drug-likeness (QED) is 0.784. The van der Waals surface area contributed by atoms with Crippen molar-refractivity contribution in [3.8, 4) is 0 Å². The Morgan fingerprint density at radius 3 is 1.42 bits per heavy atom. The highest BCUT2D eigenvalue weighted by atomic mass is 16.8. The minimum absolute atomic E-state index is 0.241. The van der Waals surface area contributed by atoms with Gasteiger partial charge < -0.3 is 18.9 Å². The molecule has 26 heavy (non-hydrogen) atoms. The fraction of sp³-hybridized carbons (Fsp3) is 0.300. The van der Waals surface area contributed by atoms with E-state index in [9.17, 15) is 9.59 Å². The Hall–Kier alpha value is -2.70. The Morgan fingerprint density at radius 1 is 0.731 bits per heavy atom. The van der Waals surface area contributed by atoms with Crippen LogP contribution in [0.15, 0.2) is 48.5 Å². The Bertz CT molecular complexity index is 698. The van der Waals surface area contributed by atoms with Gasteiger partial charge >= 0.3 is 11.9 Å². The molecule has 3 rings (SSSR count). The molecule has 0 aliphatic carbocycles. The molecular formula is C20H20O6. The molecule has 6 nitrogen and oxygen atoms in total. The van der Waals surface area contributed by atoms with Gasteiger partial charge in [-0.3, -0.25) is 0 Å². The van der Waals surface area contributed by atoms with Gasteiger partial charge in [0.25, 0.3) is 12.6 Å². The highest BCUT2D eigenvalue weighted by molar-refractivity contribution is 5.90. The topological polar surface area (TPSA) is 71.1 Å². The summed E-state index contributed by atoms with van der Waals surface area (Å²) in [6.07, 6.45) is -2.24. The van der Waals surface area contributed by atoms with Crippen molar-refractivity contribution in [1.29, 1.82) is 0 Å². The molecule has 2 atom stereocenters. The largest absolute Gasteiger partial charge is 0.425 e. The first kappa shape index (κ1) is 18.1. The van der Waals surface area contributed by atoms with Crippen LogP contribution >= 0.6 is 0 Å². The molecule has 0 aromatic heterocycles. The van der Waals surface area contributed by atoms with E-state index in [-0.39, 0.29) is 13.2 Å². The number of aryl methyl sites for hydroxylation is 2. The first-order valence-electron chi connectivity index (χ1n) is 8.31. The lowest BCUT2D eigenvalue weighted by Gasteiger charge is -2.30. The first-order chi connectivity index (χ1) is 12.5. The van der Waals surface area contributed by atoms with Crippen LogP contribution in [0.1, 0.15) is 31.8 Å². The summed E-state index contributed by atoms with van der Waals surface area (Å²) in [5, 5.41) is 0. The van der Waals surface area contributed by atoms with E-state index in [1.165, 1.54) is 0 Å². The van der Waals surface area contributed by atoms with Crippen molar-refractivity contribution in [1.82, 2.24) is 0 Å². The average Bonchev–Trinajstić information content (AvgIpc) is 2.64. The molecule has 1 fully saturated rings. The second-order valence-corrected chi connectivity index (χ2v) is 6.02. The fourth-order valence-corrected chi connectivity index (χ4v) is 2.39. The van der Waals surface area contributed by atoms with Gasteiger partial charge in [0.1, 0.15) is 0 Å². The maximum absolute atomic E-state index is 12.3. The zero-order chi connectivity index (χ0) is 18.5. The van der Waals surface area contributed by atoms with Crippen molar-refractivity contribution < 1.29 is 28.5 Å². The van der Waals surface area contributed by atoms with Gasteiger partial charge in [-0.05, 0) is 38.1 Å². The molecule has 6 heteroatoms. The van der Waals surface area contributed by atoms with E-state index in [4.69, 9.17) is 18.9 Å². The van der Waals surface area contributed by atoms with Crippen LogP contribution in [0.4, 0.5) is 0 Å². The van der Waals surface area contributed by atoms with Crippen molar-refractivity contribution in [2.75, 3.05) is 13.2 Å². The molecule has 0 spiro atoms. The lowest BCUT2D eigenvalue weighted by molar-refractivity contribution is -0.288. The molecule has 1 heterocycles. The van der Waals surface area contributed by atoms with Gasteiger partial charge in [-0.25, -0.2) is 9.59 Å². The number of benzene rings is 2. The molecule has 0 saturated carbocycles. The van der Waals surface area contributed by atoms with Gasteiger partial charge in [0.15, 0.2) is 0 Å². The van der Waals surface area contributed by atoms with E-state index in [0.29, 0.717) is 11.1 Å². The minimum Gasteiger partial charge on any atom is -0.425 e. The van der Waals surface area contributed by atoms with Gasteiger partial charge in [0, 0.05) is 0 Å². The van der Waals surface area contributed by atoms with Crippen molar-refractivity contribution in [3.05, 3.63) is 70.8 Å². The monoisotopic (exact) mass is 356 g/mol. The third-order valence-electron chi connectivity index (χ3n) is 3.89. The molecule has 0 unspecified atom stereocenters. The van der Waals surface area contributed by atoms with E-state index in [2.05, 4.69) is 0 Å². The van der Waals surface area contributed by atoms with Crippen molar-refractivity contribution in [3.63, 3.8) is 0 Å². The van der Waals surface area contributed by atoms with Gasteiger partial charge in [-0.2, -0.15) is 0 Å². The highest BCUT2D eigenvalue weighted by Crippen LogP contribution is 2.18. The summed E-state index contributed by atoms with van der Waals surface area (Å²) in [5.74, 6) is -1.14. The molecule has 1 aliphatic heterocycles. The Kier molecular flexibility index (Phi) is 5.65. The van der Waals surface area contributed by atoms with Gasteiger partial charge in [-0.15, -0.1) is 0 Å². The standard InChI is InChI=1S/C20H20O6/c1-13-3-7-15(8-4-13)17(21)25-19-20(24-12-11-23-19)26-18(22)16-9-5-14(2)6-10-16/h3-10,19-20H,11-12H2,1-2H3/t19-,20-/m0/s1. The predicted octanol–water partition coefficient (Wildman–Crippen LogP) is 3.02. The van der Waals surface area contributed by atoms with Crippen LogP contribution in [0.5, 0.6) is 0 Å². The third kappa shape index (κ3) is 4.47. The first-order valence-corrected chi connectivity index (χ1v) is 8.31. The molecule has 0 N–H and O–H groups in total. The van der Waals surface area contributed by atoms with E-state index in [0.717, 1.165) is 11.1 Å². The number of rotatable bonds is 4. The summed E-state index contributed by atoms with van der Waals surface area (Å²) in [4.78, 5) is 24.5. The van der Waals surface area contributed by atoms with Crippen molar-refractivity contribution >= 4 is 11.9 Å². The van der Waals surface area contributed by atoms with Crippen molar-refractivity contribution in [2.24, 2.45) is 0 Å². The predicted molar refractivity (Wildman–Crippen MR) is 92.7 cm³/mol. The zero-order valence-corrected chi connectivity index (χ0v) is 14.6. The Balaban J connectivity index is 1.65. The normalized spacial score (nSPS) is 19.6. The van der Waals surface area contributed by atoms with Crippen LogP contribution in [0.25, 0.3) is 0 Å². The highest BCUT2D eigenvalue weighted by Gasteiger charge is 2.34. The number of hydrogen-bond donors (Lipinski definition) is 0. The van der Waals surface area contributed by atoms with Crippen LogP contribution < -0.4 is 0 Å². The summed E-state index contributed by atoms with van der Waals surface area (Å²) >= 11 is 0. The number of carbonyl (C=O) groups is 2. The minimum atomic E-state index is -1.12. The van der Waals surface area contributed by atoms with Crippen LogP contribution in [0.2, 0.25) is 0 Å². The van der Waals surface area contributed by atoms with E-state index >= 15 is 0 Å². The van der Waals surface area contributed by atoms with E-state index in [1.54, 1.807) is 24.3 Å². The molecule has 0 amide bonds. The van der Waals surface area contributed by atoms with Crippen LogP contribution in [-0.4, -0.2) is 37.7 Å². The summed E-state index contributed by atoms with van der Waals surface area (Å²) in [7, 11) is 0. The number of carbonyl (C=O) groups excluding carboxylic acids is 2. The average molecular weight is 356 g/mol. The van der Waals surface area contributed by atoms with Crippen LogP contribution in [-0.2, 0) is 18.9 Å². The van der Waals surface area contributed by atoms with Gasteiger partial charge in [0.2, 0.25) is 0 Å². The second-order valence-electron chi connectivity index (χ2n) is 6.02. The van der Waals surface area contributed by atoms with Crippen LogP contribution in [0, 0.1) is 13.8 Å². The molecule has 2 aromatic carbocycles. The molecule has 0 bridgehead atoms. The van der Waals surface area contributed by atoms with Gasteiger partial charge in [-0.1, -0.05) is 35.4 Å². The Labute approximate surface area is 151 Å².